The van der Waals surface area contributed by atoms with Crippen molar-refractivity contribution in [2.75, 3.05) is 4.90 Å². The first-order valence-corrected chi connectivity index (χ1v) is 8.33. The van der Waals surface area contributed by atoms with Gasteiger partial charge in [-0.1, -0.05) is 47.5 Å². The summed E-state index contributed by atoms with van der Waals surface area (Å²) in [6.07, 6.45) is 1.61. The molecule has 0 saturated carbocycles. The van der Waals surface area contributed by atoms with Gasteiger partial charge in [-0.2, -0.15) is 0 Å². The van der Waals surface area contributed by atoms with Crippen molar-refractivity contribution in [3.05, 3.63) is 68.5 Å². The number of benzene rings is 2. The molecule has 6 heteroatoms. The maximum Gasteiger partial charge on any atom is 0.298 e. The second-order valence-electron chi connectivity index (χ2n) is 4.97. The smallest absolute Gasteiger partial charge is 0.268 e. The molecule has 0 spiro atoms. The van der Waals surface area contributed by atoms with E-state index in [-0.39, 0.29) is 11.1 Å². The Morgan fingerprint density at radius 2 is 1.83 bits per heavy atom. The third-order valence-corrected chi connectivity index (χ3v) is 4.83. The molecule has 3 nitrogen and oxygen atoms in total. The normalized spacial score (nSPS) is 16.5. The van der Waals surface area contributed by atoms with Crippen LogP contribution in [0.2, 0.25) is 10.0 Å². The van der Waals surface area contributed by atoms with E-state index in [1.807, 2.05) is 19.1 Å². The molecular formula is C17H11Cl2NO2S. The van der Waals surface area contributed by atoms with Crippen LogP contribution < -0.4 is 4.90 Å². The van der Waals surface area contributed by atoms with Gasteiger partial charge in [-0.3, -0.25) is 9.59 Å². The lowest BCUT2D eigenvalue weighted by molar-refractivity contribution is -0.113. The van der Waals surface area contributed by atoms with E-state index >= 15 is 0 Å². The molecule has 0 atom stereocenters. The van der Waals surface area contributed by atoms with Crippen molar-refractivity contribution in [3.8, 4) is 0 Å². The van der Waals surface area contributed by atoms with Crippen molar-refractivity contribution >= 4 is 57.9 Å². The number of amides is 2. The van der Waals surface area contributed by atoms with E-state index < -0.39 is 0 Å². The lowest BCUT2D eigenvalue weighted by Crippen LogP contribution is -2.28. The molecule has 1 aliphatic rings. The van der Waals surface area contributed by atoms with Gasteiger partial charge in [0, 0.05) is 10.0 Å². The molecule has 0 aliphatic carbocycles. The summed E-state index contributed by atoms with van der Waals surface area (Å²) in [5.74, 6) is -0.347. The van der Waals surface area contributed by atoms with Crippen LogP contribution in [0.25, 0.3) is 6.08 Å². The molecule has 23 heavy (non-hydrogen) atoms. The molecule has 2 aromatic carbocycles. The van der Waals surface area contributed by atoms with Crippen LogP contribution in [0.15, 0.2) is 47.4 Å². The maximum atomic E-state index is 12.6. The van der Waals surface area contributed by atoms with E-state index in [0.717, 1.165) is 17.3 Å². The maximum absolute atomic E-state index is 12.6. The predicted molar refractivity (Wildman–Crippen MR) is 96.1 cm³/mol. The Morgan fingerprint density at radius 1 is 1.09 bits per heavy atom. The minimum Gasteiger partial charge on any atom is -0.268 e. The second-order valence-corrected chi connectivity index (χ2v) is 6.81. The quantitative estimate of drug-likeness (QED) is 0.657. The van der Waals surface area contributed by atoms with Crippen molar-refractivity contribution in [2.24, 2.45) is 0 Å². The Balaban J connectivity index is 1.98. The zero-order valence-corrected chi connectivity index (χ0v) is 14.4. The minimum atomic E-state index is -0.347. The highest BCUT2D eigenvalue weighted by molar-refractivity contribution is 8.19. The van der Waals surface area contributed by atoms with Crippen LogP contribution >= 0.6 is 35.0 Å². The topological polar surface area (TPSA) is 37.4 Å². The monoisotopic (exact) mass is 363 g/mol. The first kappa shape index (κ1) is 16.1. The highest BCUT2D eigenvalue weighted by Crippen LogP contribution is 2.37. The Bertz CT molecular complexity index is 848. The van der Waals surface area contributed by atoms with Crippen molar-refractivity contribution in [1.29, 1.82) is 0 Å². The Kier molecular flexibility index (Phi) is 4.48. The summed E-state index contributed by atoms with van der Waals surface area (Å²) in [6, 6.07) is 12.3. The van der Waals surface area contributed by atoms with Crippen LogP contribution in [0, 0.1) is 6.92 Å². The number of carbonyl (C=O) groups excluding carboxylic acids is 2. The standard InChI is InChI=1S/C17H11Cl2NO2S/c1-10-4-2-3-5-14(10)20-16(21)15(23-17(20)22)8-11-6-7-12(18)9-13(11)19/h2-9H,1H3/b15-8-. The fourth-order valence-corrected chi connectivity index (χ4v) is 3.54. The van der Waals surface area contributed by atoms with Gasteiger partial charge in [0.25, 0.3) is 11.1 Å². The number of hydrogen-bond acceptors (Lipinski definition) is 3. The number of anilines is 1. The van der Waals surface area contributed by atoms with Crippen LogP contribution in [0.5, 0.6) is 0 Å². The van der Waals surface area contributed by atoms with Gasteiger partial charge < -0.3 is 0 Å². The molecule has 1 heterocycles. The largest absolute Gasteiger partial charge is 0.298 e. The number of rotatable bonds is 2. The Hall–Kier alpha value is -1.75. The van der Waals surface area contributed by atoms with Crippen molar-refractivity contribution < 1.29 is 9.59 Å². The summed E-state index contributed by atoms with van der Waals surface area (Å²) >= 11 is 12.9. The van der Waals surface area contributed by atoms with Gasteiger partial charge in [0.1, 0.15) is 0 Å². The summed E-state index contributed by atoms with van der Waals surface area (Å²) in [6.45, 7) is 1.86. The third-order valence-electron chi connectivity index (χ3n) is 3.40. The zero-order chi connectivity index (χ0) is 16.6. The Morgan fingerprint density at radius 3 is 2.52 bits per heavy atom. The molecule has 0 bridgehead atoms. The van der Waals surface area contributed by atoms with E-state index in [9.17, 15) is 9.59 Å². The van der Waals surface area contributed by atoms with Gasteiger partial charge in [-0.25, -0.2) is 4.90 Å². The minimum absolute atomic E-state index is 0.319. The van der Waals surface area contributed by atoms with Crippen LogP contribution in [0.3, 0.4) is 0 Å². The highest BCUT2D eigenvalue weighted by Gasteiger charge is 2.36. The average molecular weight is 364 g/mol. The van der Waals surface area contributed by atoms with Gasteiger partial charge in [-0.15, -0.1) is 0 Å². The zero-order valence-electron chi connectivity index (χ0n) is 12.0. The van der Waals surface area contributed by atoms with Crippen LogP contribution in [-0.2, 0) is 4.79 Å². The molecule has 0 radical (unpaired) electrons. The lowest BCUT2D eigenvalue weighted by atomic mass is 10.1. The van der Waals surface area contributed by atoms with E-state index in [4.69, 9.17) is 23.2 Å². The van der Waals surface area contributed by atoms with Crippen molar-refractivity contribution in [3.63, 3.8) is 0 Å². The third kappa shape index (κ3) is 3.15. The molecular weight excluding hydrogens is 353 g/mol. The first-order chi connectivity index (χ1) is 11.0. The number of imide groups is 1. The lowest BCUT2D eigenvalue weighted by Gasteiger charge is -2.14. The van der Waals surface area contributed by atoms with E-state index in [0.29, 0.717) is 26.2 Å². The SMILES string of the molecule is Cc1ccccc1N1C(=O)S/C(=C\c2ccc(Cl)cc2Cl)C1=O. The molecule has 2 amide bonds. The second kappa shape index (κ2) is 6.40. The van der Waals surface area contributed by atoms with Gasteiger partial charge >= 0.3 is 0 Å². The molecule has 116 valence electrons. The molecule has 1 aliphatic heterocycles. The van der Waals surface area contributed by atoms with Crippen molar-refractivity contribution in [1.82, 2.24) is 0 Å². The van der Waals surface area contributed by atoms with E-state index in [1.165, 1.54) is 4.90 Å². The molecule has 0 N–H and O–H groups in total. The summed E-state index contributed by atoms with van der Waals surface area (Å²) in [5.41, 5.74) is 2.10. The van der Waals surface area contributed by atoms with E-state index in [2.05, 4.69) is 0 Å². The van der Waals surface area contributed by atoms with Crippen LogP contribution in [0.4, 0.5) is 10.5 Å². The summed E-state index contributed by atoms with van der Waals surface area (Å²) in [7, 11) is 0. The van der Waals surface area contributed by atoms with Gasteiger partial charge in [-0.05, 0) is 54.1 Å². The number of hydrogen-bond donors (Lipinski definition) is 0. The number of para-hydroxylation sites is 1. The molecule has 0 unspecified atom stereocenters. The number of aryl methyl sites for hydroxylation is 1. The molecule has 1 saturated heterocycles. The molecule has 1 fully saturated rings. The first-order valence-electron chi connectivity index (χ1n) is 6.76. The number of halogens is 2. The number of nitrogens with zero attached hydrogens (tertiary/aromatic N) is 1. The fraction of sp³-hybridized carbons (Fsp3) is 0.0588. The molecule has 2 aromatic rings. The number of thioether (sulfide) groups is 1. The molecule has 0 aromatic heterocycles. The summed E-state index contributed by atoms with van der Waals surface area (Å²) in [4.78, 5) is 26.4. The number of carbonyl (C=O) groups is 2. The van der Waals surface area contributed by atoms with Gasteiger partial charge in [0.15, 0.2) is 0 Å². The van der Waals surface area contributed by atoms with E-state index in [1.54, 1.807) is 36.4 Å². The van der Waals surface area contributed by atoms with Crippen molar-refractivity contribution in [2.45, 2.75) is 6.92 Å². The van der Waals surface area contributed by atoms with Crippen LogP contribution in [0.1, 0.15) is 11.1 Å². The predicted octanol–water partition coefficient (Wildman–Crippen LogP) is 5.54. The summed E-state index contributed by atoms with van der Waals surface area (Å²) in [5, 5.41) is 0.626. The fourth-order valence-electron chi connectivity index (χ4n) is 2.25. The summed E-state index contributed by atoms with van der Waals surface area (Å²) < 4.78 is 0. The highest BCUT2D eigenvalue weighted by atomic mass is 35.5. The van der Waals surface area contributed by atoms with Gasteiger partial charge in [0.2, 0.25) is 0 Å². The average Bonchev–Trinajstić information content (AvgIpc) is 2.77. The van der Waals surface area contributed by atoms with Gasteiger partial charge in [0.05, 0.1) is 10.6 Å². The Labute approximate surface area is 147 Å². The van der Waals surface area contributed by atoms with Crippen LogP contribution in [-0.4, -0.2) is 11.1 Å². The molecule has 3 rings (SSSR count).